The first kappa shape index (κ1) is 20.6. The molecule has 2 heterocycles. The summed E-state index contributed by atoms with van der Waals surface area (Å²) in [5, 5.41) is 5.69. The molecule has 156 valence electrons. The molecule has 7 nitrogen and oxygen atoms in total. The number of carbonyl (C=O) groups excluding carboxylic acids is 1. The third-order valence-electron chi connectivity index (χ3n) is 4.85. The maximum atomic E-state index is 13.0. The monoisotopic (exact) mass is 441 g/mol. The summed E-state index contributed by atoms with van der Waals surface area (Å²) < 4.78 is 15.0. The van der Waals surface area contributed by atoms with Gasteiger partial charge in [-0.2, -0.15) is 0 Å². The van der Waals surface area contributed by atoms with Crippen LogP contribution in [-0.4, -0.2) is 30.3 Å². The topological polar surface area (TPSA) is 96.9 Å². The first-order chi connectivity index (χ1) is 14.5. The molecule has 0 aliphatic heterocycles. The van der Waals surface area contributed by atoms with Gasteiger partial charge in [0.05, 0.1) is 16.9 Å². The minimum Gasteiger partial charge on any atom is -0.326 e. The number of carbonyl (C=O) groups is 1. The van der Waals surface area contributed by atoms with Crippen LogP contribution in [0.5, 0.6) is 0 Å². The molecule has 1 amide bonds. The van der Waals surface area contributed by atoms with Crippen LogP contribution in [0.4, 0.5) is 10.8 Å². The van der Waals surface area contributed by atoms with Gasteiger partial charge in [-0.3, -0.25) is 9.52 Å². The summed E-state index contributed by atoms with van der Waals surface area (Å²) in [4.78, 5) is 25.6. The second-order valence-electron chi connectivity index (χ2n) is 7.59. The van der Waals surface area contributed by atoms with E-state index in [-0.39, 0.29) is 17.1 Å². The summed E-state index contributed by atoms with van der Waals surface area (Å²) in [7, 11) is -1.09. The molecule has 9 heteroatoms. The van der Waals surface area contributed by atoms with E-state index in [2.05, 4.69) is 25.0 Å². The van der Waals surface area contributed by atoms with E-state index in [1.165, 1.54) is 17.7 Å². The quantitative estimate of drug-likeness (QED) is 0.546. The predicted molar refractivity (Wildman–Crippen MR) is 121 cm³/mol. The van der Waals surface area contributed by atoms with E-state index in [0.717, 1.165) is 29.7 Å². The van der Waals surface area contributed by atoms with Crippen molar-refractivity contribution in [3.05, 3.63) is 54.1 Å². The Hall–Kier alpha value is -2.65. The fourth-order valence-corrected chi connectivity index (χ4v) is 5.10. The zero-order valence-corrected chi connectivity index (χ0v) is 18.4. The number of rotatable bonds is 8. The Bertz CT molecular complexity index is 1030. The lowest BCUT2D eigenvalue weighted by Gasteiger charge is -2.18. The van der Waals surface area contributed by atoms with Gasteiger partial charge in [0, 0.05) is 29.0 Å². The Labute approximate surface area is 182 Å². The van der Waals surface area contributed by atoms with Crippen LogP contribution in [0.25, 0.3) is 11.1 Å². The van der Waals surface area contributed by atoms with Crippen molar-refractivity contribution in [1.82, 2.24) is 15.0 Å². The number of anilines is 2. The fraction of sp³-hybridized carbons (Fsp3) is 0.333. The average Bonchev–Trinajstić information content (AvgIpc) is 3.50. The van der Waals surface area contributed by atoms with Crippen LogP contribution in [0.2, 0.25) is 0 Å². The molecule has 30 heavy (non-hydrogen) atoms. The van der Waals surface area contributed by atoms with E-state index in [9.17, 15) is 9.00 Å². The standard InChI is InChI=1S/C21H23N5O2S2/c1-13(2)19(18-11-29-21(25-18)26-30(28)17-7-8-17)20(27)24-16-5-3-14(4-6-16)15-9-22-12-23-10-15/h3-6,9-13,17,19H,7-8H2,1-2H3,(H,24,27)(H,25,26). The van der Waals surface area contributed by atoms with Crippen molar-refractivity contribution in [2.75, 3.05) is 10.0 Å². The number of hydrogen-bond donors (Lipinski definition) is 2. The Morgan fingerprint density at radius 3 is 2.47 bits per heavy atom. The molecular weight excluding hydrogens is 418 g/mol. The summed E-state index contributed by atoms with van der Waals surface area (Å²) in [6.07, 6.45) is 6.97. The first-order valence-electron chi connectivity index (χ1n) is 9.80. The lowest BCUT2D eigenvalue weighted by atomic mass is 9.92. The second kappa shape index (κ2) is 9.01. The molecule has 0 radical (unpaired) electrons. The van der Waals surface area contributed by atoms with Gasteiger partial charge < -0.3 is 5.32 Å². The van der Waals surface area contributed by atoms with Gasteiger partial charge in [-0.25, -0.2) is 19.2 Å². The number of nitrogens with zero attached hydrogens (tertiary/aromatic N) is 3. The number of thiazole rings is 1. The highest BCUT2D eigenvalue weighted by Gasteiger charge is 2.30. The molecule has 2 N–H and O–H groups in total. The Balaban J connectivity index is 1.45. The smallest absolute Gasteiger partial charge is 0.233 e. The number of aromatic nitrogens is 3. The molecule has 4 rings (SSSR count). The van der Waals surface area contributed by atoms with Crippen LogP contribution in [-0.2, 0) is 15.8 Å². The molecule has 1 fully saturated rings. The van der Waals surface area contributed by atoms with Crippen LogP contribution in [0.1, 0.15) is 38.3 Å². The van der Waals surface area contributed by atoms with E-state index in [1.54, 1.807) is 12.4 Å². The van der Waals surface area contributed by atoms with Gasteiger partial charge >= 0.3 is 0 Å². The molecule has 1 saturated carbocycles. The third-order valence-corrected chi connectivity index (χ3v) is 7.23. The van der Waals surface area contributed by atoms with Gasteiger partial charge in [-0.1, -0.05) is 26.0 Å². The van der Waals surface area contributed by atoms with Gasteiger partial charge in [0.1, 0.15) is 17.3 Å². The van der Waals surface area contributed by atoms with Crippen molar-refractivity contribution >= 4 is 39.0 Å². The summed E-state index contributed by atoms with van der Waals surface area (Å²) in [5.74, 6) is -0.441. The minimum absolute atomic E-state index is 0.0645. The Kier molecular flexibility index (Phi) is 6.19. The molecule has 1 aromatic carbocycles. The van der Waals surface area contributed by atoms with Gasteiger partial charge in [0.25, 0.3) is 0 Å². The van der Waals surface area contributed by atoms with E-state index in [4.69, 9.17) is 0 Å². The van der Waals surface area contributed by atoms with Gasteiger partial charge in [0.15, 0.2) is 5.13 Å². The molecule has 2 unspecified atom stereocenters. The first-order valence-corrected chi connectivity index (χ1v) is 11.9. The van der Waals surface area contributed by atoms with E-state index >= 15 is 0 Å². The van der Waals surface area contributed by atoms with E-state index < -0.39 is 16.9 Å². The molecule has 0 spiro atoms. The predicted octanol–water partition coefficient (Wildman–Crippen LogP) is 4.22. The zero-order chi connectivity index (χ0) is 21.1. The highest BCUT2D eigenvalue weighted by molar-refractivity contribution is 7.87. The lowest BCUT2D eigenvalue weighted by molar-refractivity contribution is -0.118. The third kappa shape index (κ3) is 4.91. The molecule has 0 bridgehead atoms. The lowest BCUT2D eigenvalue weighted by Crippen LogP contribution is -2.25. The highest BCUT2D eigenvalue weighted by Crippen LogP contribution is 2.32. The Morgan fingerprint density at radius 2 is 1.83 bits per heavy atom. The molecule has 1 aliphatic rings. The number of nitrogens with one attached hydrogen (secondary N) is 2. The van der Waals surface area contributed by atoms with Crippen molar-refractivity contribution in [2.24, 2.45) is 5.92 Å². The molecular formula is C21H23N5O2S2. The van der Waals surface area contributed by atoms with Gasteiger partial charge in [-0.05, 0) is 36.5 Å². The summed E-state index contributed by atoms with van der Waals surface area (Å²) >= 11 is 1.38. The normalized spacial score (nSPS) is 15.6. The molecule has 3 aromatic rings. The number of amides is 1. The van der Waals surface area contributed by atoms with E-state index in [0.29, 0.717) is 10.8 Å². The largest absolute Gasteiger partial charge is 0.326 e. The summed E-state index contributed by atoms with van der Waals surface area (Å²) in [5.41, 5.74) is 3.31. The van der Waals surface area contributed by atoms with Crippen molar-refractivity contribution in [1.29, 1.82) is 0 Å². The van der Waals surface area contributed by atoms with Crippen LogP contribution in [0.15, 0.2) is 48.4 Å². The van der Waals surface area contributed by atoms with Crippen molar-refractivity contribution in [3.8, 4) is 11.1 Å². The highest BCUT2D eigenvalue weighted by atomic mass is 32.2. The van der Waals surface area contributed by atoms with Crippen LogP contribution < -0.4 is 10.0 Å². The molecule has 0 saturated heterocycles. The minimum atomic E-state index is -1.09. The summed E-state index contributed by atoms with van der Waals surface area (Å²) in [6.45, 7) is 4.00. The van der Waals surface area contributed by atoms with E-state index in [1.807, 2.05) is 43.5 Å². The van der Waals surface area contributed by atoms with Crippen LogP contribution in [0, 0.1) is 5.92 Å². The molecule has 2 aromatic heterocycles. The van der Waals surface area contributed by atoms with Crippen molar-refractivity contribution in [2.45, 2.75) is 37.9 Å². The fourth-order valence-electron chi connectivity index (χ4n) is 3.12. The SMILES string of the molecule is CC(C)C(C(=O)Nc1ccc(-c2cncnc2)cc1)c1csc(NS(=O)C2CC2)n1. The zero-order valence-electron chi connectivity index (χ0n) is 16.7. The maximum absolute atomic E-state index is 13.0. The average molecular weight is 442 g/mol. The van der Waals surface area contributed by atoms with Crippen molar-refractivity contribution < 1.29 is 9.00 Å². The second-order valence-corrected chi connectivity index (χ2v) is 9.92. The van der Waals surface area contributed by atoms with Crippen molar-refractivity contribution in [3.63, 3.8) is 0 Å². The number of hydrogen-bond acceptors (Lipinski definition) is 6. The molecule has 2 atom stereocenters. The van der Waals surface area contributed by atoms with Crippen LogP contribution >= 0.6 is 11.3 Å². The van der Waals surface area contributed by atoms with Gasteiger partial charge in [-0.15, -0.1) is 11.3 Å². The maximum Gasteiger partial charge on any atom is 0.233 e. The summed E-state index contributed by atoms with van der Waals surface area (Å²) in [6, 6.07) is 7.59. The van der Waals surface area contributed by atoms with Gasteiger partial charge in [0.2, 0.25) is 5.91 Å². The Morgan fingerprint density at radius 1 is 1.13 bits per heavy atom. The molecule has 1 aliphatic carbocycles. The number of benzene rings is 1. The van der Waals surface area contributed by atoms with Crippen LogP contribution in [0.3, 0.4) is 0 Å².